The van der Waals surface area contributed by atoms with Crippen molar-refractivity contribution in [1.82, 2.24) is 15.5 Å². The van der Waals surface area contributed by atoms with Gasteiger partial charge in [0.05, 0.1) is 18.3 Å². The van der Waals surface area contributed by atoms with E-state index < -0.39 is 5.91 Å². The first-order valence-corrected chi connectivity index (χ1v) is 4.66. The van der Waals surface area contributed by atoms with E-state index in [1.807, 2.05) is 0 Å². The summed E-state index contributed by atoms with van der Waals surface area (Å²) in [6, 6.07) is 5.10. The molecule has 0 aliphatic carbocycles. The zero-order valence-corrected chi connectivity index (χ0v) is 8.36. The average molecular weight is 218 g/mol. The van der Waals surface area contributed by atoms with Gasteiger partial charge in [0, 0.05) is 10.9 Å². The van der Waals surface area contributed by atoms with Gasteiger partial charge in [-0.3, -0.25) is 14.7 Å². The van der Waals surface area contributed by atoms with Crippen molar-refractivity contribution < 1.29 is 9.59 Å². The van der Waals surface area contributed by atoms with Crippen LogP contribution in [0, 0.1) is 0 Å². The number of benzene rings is 1. The van der Waals surface area contributed by atoms with E-state index in [0.717, 1.165) is 10.9 Å². The molecule has 82 valence electrons. The van der Waals surface area contributed by atoms with E-state index >= 15 is 0 Å². The zero-order valence-electron chi connectivity index (χ0n) is 8.36. The maximum Gasteiger partial charge on any atom is 0.251 e. The van der Waals surface area contributed by atoms with Gasteiger partial charge in [-0.05, 0) is 12.1 Å². The molecule has 6 heteroatoms. The number of H-pyrrole nitrogens is 1. The van der Waals surface area contributed by atoms with Crippen molar-refractivity contribution in [3.63, 3.8) is 0 Å². The Bertz CT molecular complexity index is 546. The molecule has 0 aliphatic heterocycles. The molecule has 0 saturated carbocycles. The molecule has 0 unspecified atom stereocenters. The van der Waals surface area contributed by atoms with Crippen LogP contribution in [0.15, 0.2) is 24.4 Å². The lowest BCUT2D eigenvalue weighted by Crippen LogP contribution is -2.33. The number of amides is 2. The van der Waals surface area contributed by atoms with Gasteiger partial charge in [0.1, 0.15) is 0 Å². The molecule has 1 heterocycles. The molecule has 0 aliphatic rings. The second-order valence-electron chi connectivity index (χ2n) is 3.32. The summed E-state index contributed by atoms with van der Waals surface area (Å²) in [5, 5.41) is 9.93. The molecule has 0 spiro atoms. The molecule has 0 saturated heterocycles. The van der Waals surface area contributed by atoms with Crippen molar-refractivity contribution in [1.29, 1.82) is 0 Å². The van der Waals surface area contributed by atoms with Crippen LogP contribution in [0.2, 0.25) is 0 Å². The van der Waals surface area contributed by atoms with Gasteiger partial charge in [0.15, 0.2) is 0 Å². The van der Waals surface area contributed by atoms with E-state index in [1.165, 1.54) is 0 Å². The Labute approximate surface area is 90.8 Å². The van der Waals surface area contributed by atoms with Gasteiger partial charge < -0.3 is 11.1 Å². The molecular weight excluding hydrogens is 208 g/mol. The molecule has 0 fully saturated rings. The minimum absolute atomic E-state index is 0.167. The van der Waals surface area contributed by atoms with Crippen molar-refractivity contribution in [3.05, 3.63) is 30.0 Å². The summed E-state index contributed by atoms with van der Waals surface area (Å²) >= 11 is 0. The maximum absolute atomic E-state index is 11.6. The molecular formula is C10H10N4O2. The normalized spacial score (nSPS) is 10.2. The van der Waals surface area contributed by atoms with Crippen LogP contribution in [0.25, 0.3) is 10.9 Å². The third-order valence-corrected chi connectivity index (χ3v) is 2.13. The highest BCUT2D eigenvalue weighted by molar-refractivity contribution is 5.99. The fourth-order valence-electron chi connectivity index (χ4n) is 1.35. The summed E-state index contributed by atoms with van der Waals surface area (Å²) in [7, 11) is 0. The molecule has 4 N–H and O–H groups in total. The van der Waals surface area contributed by atoms with E-state index in [0.29, 0.717) is 5.56 Å². The summed E-state index contributed by atoms with van der Waals surface area (Å²) in [5.74, 6) is -0.911. The average Bonchev–Trinajstić information content (AvgIpc) is 2.72. The lowest BCUT2D eigenvalue weighted by Gasteiger charge is -2.02. The third kappa shape index (κ3) is 2.00. The Hall–Kier alpha value is -2.37. The molecule has 2 aromatic rings. The highest BCUT2D eigenvalue weighted by atomic mass is 16.2. The number of hydrogen-bond donors (Lipinski definition) is 3. The SMILES string of the molecule is NC(=O)CNC(=O)c1ccc2cn[nH]c2c1. The molecule has 6 nitrogen and oxygen atoms in total. The van der Waals surface area contributed by atoms with Crippen LogP contribution < -0.4 is 11.1 Å². The fraction of sp³-hybridized carbons (Fsp3) is 0.100. The van der Waals surface area contributed by atoms with Crippen LogP contribution in [-0.2, 0) is 4.79 Å². The van der Waals surface area contributed by atoms with E-state index in [-0.39, 0.29) is 12.5 Å². The number of carbonyl (C=O) groups excluding carboxylic acids is 2. The number of hydrogen-bond acceptors (Lipinski definition) is 3. The summed E-state index contributed by atoms with van der Waals surface area (Å²) in [6.45, 7) is -0.167. The fourth-order valence-corrected chi connectivity index (χ4v) is 1.35. The number of aromatic nitrogens is 2. The number of nitrogens with two attached hydrogens (primary N) is 1. The summed E-state index contributed by atoms with van der Waals surface area (Å²) < 4.78 is 0. The topological polar surface area (TPSA) is 101 Å². The number of nitrogens with zero attached hydrogens (tertiary/aromatic N) is 1. The lowest BCUT2D eigenvalue weighted by atomic mass is 10.1. The zero-order chi connectivity index (χ0) is 11.5. The molecule has 0 bridgehead atoms. The smallest absolute Gasteiger partial charge is 0.251 e. The van der Waals surface area contributed by atoms with Crippen LogP contribution in [0.1, 0.15) is 10.4 Å². The molecule has 1 aromatic carbocycles. The van der Waals surface area contributed by atoms with Crippen LogP contribution >= 0.6 is 0 Å². The van der Waals surface area contributed by atoms with Crippen LogP contribution in [0.5, 0.6) is 0 Å². The maximum atomic E-state index is 11.6. The van der Waals surface area contributed by atoms with Crippen molar-refractivity contribution in [2.75, 3.05) is 6.54 Å². The first-order valence-electron chi connectivity index (χ1n) is 4.66. The molecule has 16 heavy (non-hydrogen) atoms. The monoisotopic (exact) mass is 218 g/mol. The van der Waals surface area contributed by atoms with Crippen LogP contribution in [0.3, 0.4) is 0 Å². The van der Waals surface area contributed by atoms with Gasteiger partial charge in [-0.15, -0.1) is 0 Å². The van der Waals surface area contributed by atoms with Gasteiger partial charge in [0.25, 0.3) is 5.91 Å². The number of rotatable bonds is 3. The van der Waals surface area contributed by atoms with E-state index in [4.69, 9.17) is 5.73 Å². The van der Waals surface area contributed by atoms with Gasteiger partial charge in [-0.25, -0.2) is 0 Å². The second-order valence-corrected chi connectivity index (χ2v) is 3.32. The predicted octanol–water partition coefficient (Wildman–Crippen LogP) is -0.222. The second kappa shape index (κ2) is 4.01. The summed E-state index contributed by atoms with van der Waals surface area (Å²) in [4.78, 5) is 22.1. The van der Waals surface area contributed by atoms with E-state index in [1.54, 1.807) is 24.4 Å². The Balaban J connectivity index is 2.19. The van der Waals surface area contributed by atoms with E-state index in [2.05, 4.69) is 15.5 Å². The Morgan fingerprint density at radius 1 is 1.44 bits per heavy atom. The Morgan fingerprint density at radius 2 is 2.25 bits per heavy atom. The number of nitrogens with one attached hydrogen (secondary N) is 2. The third-order valence-electron chi connectivity index (χ3n) is 2.13. The van der Waals surface area contributed by atoms with Crippen molar-refractivity contribution in [2.24, 2.45) is 5.73 Å². The van der Waals surface area contributed by atoms with Gasteiger partial charge in [0.2, 0.25) is 5.91 Å². The Kier molecular flexibility index (Phi) is 2.55. The van der Waals surface area contributed by atoms with Gasteiger partial charge in [-0.1, -0.05) is 6.07 Å². The highest BCUT2D eigenvalue weighted by Crippen LogP contribution is 2.12. The van der Waals surface area contributed by atoms with Crippen molar-refractivity contribution in [3.8, 4) is 0 Å². The van der Waals surface area contributed by atoms with Gasteiger partial charge in [-0.2, -0.15) is 5.10 Å². The Morgan fingerprint density at radius 3 is 3.00 bits per heavy atom. The van der Waals surface area contributed by atoms with Crippen molar-refractivity contribution in [2.45, 2.75) is 0 Å². The molecule has 0 atom stereocenters. The lowest BCUT2D eigenvalue weighted by molar-refractivity contribution is -0.117. The number of primary amides is 1. The predicted molar refractivity (Wildman–Crippen MR) is 57.6 cm³/mol. The molecule has 2 rings (SSSR count). The van der Waals surface area contributed by atoms with E-state index in [9.17, 15) is 9.59 Å². The first kappa shape index (κ1) is 10.2. The van der Waals surface area contributed by atoms with Crippen LogP contribution in [-0.4, -0.2) is 28.6 Å². The van der Waals surface area contributed by atoms with Crippen molar-refractivity contribution >= 4 is 22.7 Å². The molecule has 1 aromatic heterocycles. The largest absolute Gasteiger partial charge is 0.368 e. The highest BCUT2D eigenvalue weighted by Gasteiger charge is 2.07. The minimum atomic E-state index is -0.573. The number of aromatic amines is 1. The summed E-state index contributed by atoms with van der Waals surface area (Å²) in [6.07, 6.45) is 1.67. The summed E-state index contributed by atoms with van der Waals surface area (Å²) in [5.41, 5.74) is 6.15. The number of fused-ring (bicyclic) bond motifs is 1. The van der Waals surface area contributed by atoms with Crippen LogP contribution in [0.4, 0.5) is 0 Å². The minimum Gasteiger partial charge on any atom is -0.368 e. The number of carbonyl (C=O) groups is 2. The molecule has 2 amide bonds. The molecule has 0 radical (unpaired) electrons. The standard InChI is InChI=1S/C10H10N4O2/c11-9(15)5-12-10(16)6-1-2-7-4-13-14-8(7)3-6/h1-4H,5H2,(H2,11,15)(H,12,16)(H,13,14). The quantitative estimate of drug-likeness (QED) is 0.663. The first-order chi connectivity index (χ1) is 7.66. The van der Waals surface area contributed by atoms with Gasteiger partial charge >= 0.3 is 0 Å².